The van der Waals surface area contributed by atoms with Gasteiger partial charge in [-0.15, -0.1) is 0 Å². The predicted molar refractivity (Wildman–Crippen MR) is 75.9 cm³/mol. The smallest absolute Gasteiger partial charge is 0.308 e. The number of ether oxygens (including phenoxy) is 1. The van der Waals surface area contributed by atoms with E-state index in [1.165, 1.54) is 30.2 Å². The predicted octanol–water partition coefficient (Wildman–Crippen LogP) is 1.54. The first-order valence-corrected chi connectivity index (χ1v) is 6.78. The van der Waals surface area contributed by atoms with Crippen LogP contribution in [0.5, 0.6) is 5.75 Å². The Balaban J connectivity index is 2.31. The van der Waals surface area contributed by atoms with E-state index < -0.39 is 22.7 Å². The van der Waals surface area contributed by atoms with Crippen molar-refractivity contribution in [1.29, 1.82) is 0 Å². The SMILES string of the molecule is COc1ccc([N+](=O)[O-])c(C(=O)N2CCC[C@H](C(=O)O)C2)c1. The Hall–Kier alpha value is -2.64. The first kappa shape index (κ1) is 15.7. The van der Waals surface area contributed by atoms with Crippen molar-refractivity contribution in [2.24, 2.45) is 5.92 Å². The van der Waals surface area contributed by atoms with E-state index in [4.69, 9.17) is 9.84 Å². The molecule has 1 aliphatic heterocycles. The number of nitro benzene ring substituents is 1. The molecule has 0 unspecified atom stereocenters. The number of carbonyl (C=O) groups is 2. The monoisotopic (exact) mass is 308 g/mol. The number of rotatable bonds is 4. The van der Waals surface area contributed by atoms with Gasteiger partial charge in [0.15, 0.2) is 0 Å². The lowest BCUT2D eigenvalue weighted by molar-refractivity contribution is -0.385. The van der Waals surface area contributed by atoms with Crippen LogP contribution in [0.4, 0.5) is 5.69 Å². The van der Waals surface area contributed by atoms with Crippen LogP contribution in [0.1, 0.15) is 23.2 Å². The van der Waals surface area contributed by atoms with E-state index in [0.29, 0.717) is 25.1 Å². The summed E-state index contributed by atoms with van der Waals surface area (Å²) >= 11 is 0. The van der Waals surface area contributed by atoms with E-state index in [1.807, 2.05) is 0 Å². The Morgan fingerprint density at radius 1 is 1.45 bits per heavy atom. The van der Waals surface area contributed by atoms with Crippen LogP contribution in [0.25, 0.3) is 0 Å². The molecule has 0 spiro atoms. The number of hydrogen-bond acceptors (Lipinski definition) is 5. The normalized spacial score (nSPS) is 17.9. The highest BCUT2D eigenvalue weighted by Crippen LogP contribution is 2.27. The lowest BCUT2D eigenvalue weighted by Crippen LogP contribution is -2.42. The number of carboxylic acid groups (broad SMARTS) is 1. The summed E-state index contributed by atoms with van der Waals surface area (Å²) < 4.78 is 5.00. The van der Waals surface area contributed by atoms with Gasteiger partial charge in [0, 0.05) is 19.2 Å². The molecule has 0 radical (unpaired) electrons. The second-order valence-corrected chi connectivity index (χ2v) is 5.07. The molecule has 22 heavy (non-hydrogen) atoms. The standard InChI is InChI=1S/C14H16N2O6/c1-22-10-4-5-12(16(20)21)11(7-10)13(17)15-6-2-3-9(8-15)14(18)19/h4-5,7,9H,2-3,6,8H2,1H3,(H,18,19)/t9-/m0/s1. The molecule has 1 saturated heterocycles. The molecule has 1 heterocycles. The Morgan fingerprint density at radius 3 is 2.77 bits per heavy atom. The summed E-state index contributed by atoms with van der Waals surface area (Å²) in [7, 11) is 1.40. The minimum absolute atomic E-state index is 0.0581. The van der Waals surface area contributed by atoms with Crippen molar-refractivity contribution in [3.05, 3.63) is 33.9 Å². The van der Waals surface area contributed by atoms with Crippen LogP contribution in [0.3, 0.4) is 0 Å². The van der Waals surface area contributed by atoms with Crippen LogP contribution < -0.4 is 4.74 Å². The van der Waals surface area contributed by atoms with Crippen molar-refractivity contribution in [3.8, 4) is 5.75 Å². The maximum atomic E-state index is 12.5. The minimum Gasteiger partial charge on any atom is -0.497 e. The van der Waals surface area contributed by atoms with Crippen molar-refractivity contribution < 1.29 is 24.4 Å². The summed E-state index contributed by atoms with van der Waals surface area (Å²) in [4.78, 5) is 35.4. The van der Waals surface area contributed by atoms with Gasteiger partial charge in [-0.3, -0.25) is 19.7 Å². The minimum atomic E-state index is -0.961. The lowest BCUT2D eigenvalue weighted by Gasteiger charge is -2.30. The molecule has 1 aromatic carbocycles. The topological polar surface area (TPSA) is 110 Å². The van der Waals surface area contributed by atoms with Gasteiger partial charge in [-0.25, -0.2) is 0 Å². The zero-order chi connectivity index (χ0) is 16.3. The molecule has 0 bridgehead atoms. The fourth-order valence-corrected chi connectivity index (χ4v) is 2.51. The Kier molecular flexibility index (Phi) is 4.59. The van der Waals surface area contributed by atoms with E-state index in [1.54, 1.807) is 0 Å². The van der Waals surface area contributed by atoms with Gasteiger partial charge in [0.25, 0.3) is 11.6 Å². The zero-order valence-corrected chi connectivity index (χ0v) is 12.0. The molecule has 0 aliphatic carbocycles. The largest absolute Gasteiger partial charge is 0.497 e. The maximum absolute atomic E-state index is 12.5. The summed E-state index contributed by atoms with van der Waals surface area (Å²) in [6.45, 7) is 0.444. The molecular formula is C14H16N2O6. The number of likely N-dealkylation sites (tertiary alicyclic amines) is 1. The first-order chi connectivity index (χ1) is 10.4. The van der Waals surface area contributed by atoms with Crippen LogP contribution in [0.2, 0.25) is 0 Å². The third-order valence-corrected chi connectivity index (χ3v) is 3.69. The van der Waals surface area contributed by atoms with E-state index in [2.05, 4.69) is 0 Å². The number of benzene rings is 1. The highest BCUT2D eigenvalue weighted by molar-refractivity contribution is 5.98. The van der Waals surface area contributed by atoms with Crippen molar-refractivity contribution in [3.63, 3.8) is 0 Å². The second-order valence-electron chi connectivity index (χ2n) is 5.07. The van der Waals surface area contributed by atoms with Gasteiger partial charge in [-0.2, -0.15) is 0 Å². The van der Waals surface area contributed by atoms with Crippen LogP contribution in [-0.4, -0.2) is 47.0 Å². The molecule has 0 saturated carbocycles. The van der Waals surface area contributed by atoms with Crippen molar-refractivity contribution in [2.75, 3.05) is 20.2 Å². The summed E-state index contributed by atoms with van der Waals surface area (Å²) in [6, 6.07) is 3.93. The Bertz CT molecular complexity index is 615. The molecule has 1 amide bonds. The van der Waals surface area contributed by atoms with Gasteiger partial charge < -0.3 is 14.7 Å². The number of carboxylic acids is 1. The molecule has 8 nitrogen and oxygen atoms in total. The number of carbonyl (C=O) groups excluding carboxylic acids is 1. The molecule has 1 fully saturated rings. The summed E-state index contributed by atoms with van der Waals surface area (Å²) in [5, 5.41) is 20.1. The number of hydrogen-bond donors (Lipinski definition) is 1. The highest BCUT2D eigenvalue weighted by atomic mass is 16.6. The highest BCUT2D eigenvalue weighted by Gasteiger charge is 2.31. The van der Waals surface area contributed by atoms with Crippen molar-refractivity contribution >= 4 is 17.6 Å². The van der Waals surface area contributed by atoms with E-state index >= 15 is 0 Å². The summed E-state index contributed by atoms with van der Waals surface area (Å²) in [5.41, 5.74) is -0.404. The molecule has 118 valence electrons. The van der Waals surface area contributed by atoms with Gasteiger partial charge in [-0.05, 0) is 25.0 Å². The number of nitrogens with zero attached hydrogens (tertiary/aromatic N) is 2. The molecule has 2 rings (SSSR count). The summed E-state index contributed by atoms with van der Waals surface area (Å²) in [5.74, 6) is -1.81. The zero-order valence-electron chi connectivity index (χ0n) is 12.0. The fourth-order valence-electron chi connectivity index (χ4n) is 2.51. The average molecular weight is 308 g/mol. The third-order valence-electron chi connectivity index (χ3n) is 3.69. The number of piperidine rings is 1. The molecule has 1 atom stereocenters. The molecule has 1 aromatic rings. The van der Waals surface area contributed by atoms with Gasteiger partial charge in [-0.1, -0.05) is 0 Å². The first-order valence-electron chi connectivity index (χ1n) is 6.78. The summed E-state index contributed by atoms with van der Waals surface area (Å²) in [6.07, 6.45) is 1.06. The van der Waals surface area contributed by atoms with Gasteiger partial charge in [0.1, 0.15) is 11.3 Å². The van der Waals surface area contributed by atoms with Crippen LogP contribution in [0, 0.1) is 16.0 Å². The van der Waals surface area contributed by atoms with Crippen molar-refractivity contribution in [2.45, 2.75) is 12.8 Å². The molecule has 8 heteroatoms. The van der Waals surface area contributed by atoms with E-state index in [0.717, 1.165) is 0 Å². The quantitative estimate of drug-likeness (QED) is 0.667. The van der Waals surface area contributed by atoms with Gasteiger partial charge >= 0.3 is 5.97 Å². The van der Waals surface area contributed by atoms with Crippen LogP contribution in [-0.2, 0) is 4.79 Å². The van der Waals surface area contributed by atoms with Gasteiger partial charge in [0.2, 0.25) is 0 Å². The fraction of sp³-hybridized carbons (Fsp3) is 0.429. The van der Waals surface area contributed by atoms with E-state index in [9.17, 15) is 19.7 Å². The van der Waals surface area contributed by atoms with Crippen LogP contribution in [0.15, 0.2) is 18.2 Å². The lowest BCUT2D eigenvalue weighted by atomic mass is 9.97. The maximum Gasteiger partial charge on any atom is 0.308 e. The van der Waals surface area contributed by atoms with Crippen LogP contribution >= 0.6 is 0 Å². The number of methoxy groups -OCH3 is 1. The number of aliphatic carboxylic acids is 1. The Labute approximate surface area is 126 Å². The average Bonchev–Trinajstić information content (AvgIpc) is 2.53. The van der Waals surface area contributed by atoms with Crippen molar-refractivity contribution in [1.82, 2.24) is 4.90 Å². The molecular weight excluding hydrogens is 292 g/mol. The molecule has 0 aromatic heterocycles. The third kappa shape index (κ3) is 3.16. The molecule has 1 N–H and O–H groups in total. The van der Waals surface area contributed by atoms with Gasteiger partial charge in [0.05, 0.1) is 18.0 Å². The number of nitro groups is 1. The van der Waals surface area contributed by atoms with E-state index in [-0.39, 0.29) is 17.8 Å². The molecule has 1 aliphatic rings. The number of amides is 1. The second kappa shape index (κ2) is 6.42. The Morgan fingerprint density at radius 2 is 2.18 bits per heavy atom.